The maximum Gasteiger partial charge on any atom is 0.261 e. The summed E-state index contributed by atoms with van der Waals surface area (Å²) >= 11 is 0. The van der Waals surface area contributed by atoms with Gasteiger partial charge in [0, 0.05) is 44.9 Å². The Labute approximate surface area is 205 Å². The van der Waals surface area contributed by atoms with E-state index in [4.69, 9.17) is 9.47 Å². The van der Waals surface area contributed by atoms with Crippen LogP contribution < -0.4 is 4.74 Å². The van der Waals surface area contributed by atoms with Crippen molar-refractivity contribution in [3.63, 3.8) is 0 Å². The van der Waals surface area contributed by atoms with Gasteiger partial charge in [-0.1, -0.05) is 12.1 Å². The van der Waals surface area contributed by atoms with Crippen molar-refractivity contribution in [1.82, 2.24) is 14.7 Å². The molecule has 8 heteroatoms. The van der Waals surface area contributed by atoms with Gasteiger partial charge in [-0.15, -0.1) is 0 Å². The molecular formula is C27H31N3O5. The Kier molecular flexibility index (Phi) is 6.83. The van der Waals surface area contributed by atoms with Crippen molar-refractivity contribution in [2.75, 3.05) is 53.0 Å². The average molecular weight is 478 g/mol. The molecule has 1 atom stereocenters. The Morgan fingerprint density at radius 2 is 1.74 bits per heavy atom. The van der Waals surface area contributed by atoms with Gasteiger partial charge in [0.25, 0.3) is 17.7 Å². The molecule has 1 unspecified atom stereocenters. The number of ether oxygens (including phenoxy) is 2. The standard InChI is InChI=1S/C27H31N3O5/c1-34-21-7-4-19(5-8-21)10-11-28-12-14-29(15-13-28)25(31)20-6-9-23-24(17-20)27(33)30(26(23)32)18-22-3-2-16-35-22/h4-9,17,22H,2-3,10-16,18H2,1H3. The molecular weight excluding hydrogens is 446 g/mol. The highest BCUT2D eigenvalue weighted by Gasteiger charge is 2.38. The number of hydrogen-bond donors (Lipinski definition) is 0. The fourth-order valence-electron chi connectivity index (χ4n) is 5.02. The number of rotatable bonds is 7. The first-order valence-electron chi connectivity index (χ1n) is 12.3. The molecule has 184 valence electrons. The highest BCUT2D eigenvalue weighted by molar-refractivity contribution is 6.22. The molecule has 5 rings (SSSR count). The number of piperazine rings is 1. The lowest BCUT2D eigenvalue weighted by Gasteiger charge is -2.34. The second-order valence-electron chi connectivity index (χ2n) is 9.35. The van der Waals surface area contributed by atoms with Crippen LogP contribution in [0.2, 0.25) is 0 Å². The third kappa shape index (κ3) is 4.94. The highest BCUT2D eigenvalue weighted by atomic mass is 16.5. The number of carbonyl (C=O) groups excluding carboxylic acids is 3. The van der Waals surface area contributed by atoms with Crippen LogP contribution in [0.15, 0.2) is 42.5 Å². The fourth-order valence-corrected chi connectivity index (χ4v) is 5.02. The molecule has 3 heterocycles. The van der Waals surface area contributed by atoms with Crippen LogP contribution in [-0.4, -0.2) is 91.5 Å². The predicted octanol–water partition coefficient (Wildman–Crippen LogP) is 2.47. The first kappa shape index (κ1) is 23.5. The number of fused-ring (bicyclic) bond motifs is 1. The van der Waals surface area contributed by atoms with Crippen molar-refractivity contribution in [3.05, 3.63) is 64.7 Å². The van der Waals surface area contributed by atoms with Crippen molar-refractivity contribution >= 4 is 17.7 Å². The van der Waals surface area contributed by atoms with Crippen molar-refractivity contribution in [3.8, 4) is 5.75 Å². The van der Waals surface area contributed by atoms with Gasteiger partial charge in [0.2, 0.25) is 0 Å². The summed E-state index contributed by atoms with van der Waals surface area (Å²) in [6.45, 7) is 4.76. The molecule has 0 radical (unpaired) electrons. The first-order chi connectivity index (χ1) is 17.0. The number of benzene rings is 2. The third-order valence-corrected chi connectivity index (χ3v) is 7.16. The van der Waals surface area contributed by atoms with E-state index in [1.807, 2.05) is 17.0 Å². The molecule has 2 saturated heterocycles. The number of methoxy groups -OCH3 is 1. The monoisotopic (exact) mass is 477 g/mol. The zero-order valence-corrected chi connectivity index (χ0v) is 20.1. The maximum absolute atomic E-state index is 13.2. The van der Waals surface area contributed by atoms with E-state index in [0.717, 1.165) is 44.6 Å². The van der Waals surface area contributed by atoms with Crippen LogP contribution in [-0.2, 0) is 11.2 Å². The Bertz CT molecular complexity index is 1100. The Hall–Kier alpha value is -3.23. The third-order valence-electron chi connectivity index (χ3n) is 7.16. The van der Waals surface area contributed by atoms with E-state index in [2.05, 4.69) is 17.0 Å². The summed E-state index contributed by atoms with van der Waals surface area (Å²) in [6, 6.07) is 13.0. The molecule has 0 spiro atoms. The SMILES string of the molecule is COc1ccc(CCN2CCN(C(=O)c3ccc4c(c3)C(=O)N(CC3CCCO3)C4=O)CC2)cc1. The Balaban J connectivity index is 1.16. The predicted molar refractivity (Wildman–Crippen MR) is 130 cm³/mol. The van der Waals surface area contributed by atoms with Gasteiger partial charge in [-0.05, 0) is 55.2 Å². The van der Waals surface area contributed by atoms with E-state index < -0.39 is 0 Å². The van der Waals surface area contributed by atoms with E-state index in [1.54, 1.807) is 25.3 Å². The molecule has 0 bridgehead atoms. The minimum Gasteiger partial charge on any atom is -0.497 e. The van der Waals surface area contributed by atoms with Gasteiger partial charge < -0.3 is 14.4 Å². The minimum atomic E-state index is -0.335. The molecule has 8 nitrogen and oxygen atoms in total. The summed E-state index contributed by atoms with van der Waals surface area (Å²) in [4.78, 5) is 44.3. The maximum atomic E-state index is 13.2. The van der Waals surface area contributed by atoms with E-state index in [0.29, 0.717) is 36.4 Å². The number of imide groups is 1. The second-order valence-corrected chi connectivity index (χ2v) is 9.35. The van der Waals surface area contributed by atoms with Crippen molar-refractivity contribution in [2.45, 2.75) is 25.4 Å². The van der Waals surface area contributed by atoms with Gasteiger partial charge in [0.05, 0.1) is 30.9 Å². The van der Waals surface area contributed by atoms with Gasteiger partial charge in [-0.25, -0.2) is 0 Å². The Morgan fingerprint density at radius 3 is 2.43 bits per heavy atom. The van der Waals surface area contributed by atoms with Gasteiger partial charge >= 0.3 is 0 Å². The Morgan fingerprint density at radius 1 is 1.00 bits per heavy atom. The number of hydrogen-bond acceptors (Lipinski definition) is 6. The molecule has 0 aromatic heterocycles. The van der Waals surface area contributed by atoms with Crippen molar-refractivity contribution < 1.29 is 23.9 Å². The molecule has 3 amide bonds. The lowest BCUT2D eigenvalue weighted by atomic mass is 10.0. The number of carbonyl (C=O) groups is 3. The van der Waals surface area contributed by atoms with Gasteiger partial charge in [0.15, 0.2) is 0 Å². The molecule has 2 aromatic rings. The van der Waals surface area contributed by atoms with Gasteiger partial charge in [-0.2, -0.15) is 0 Å². The molecule has 3 aliphatic rings. The summed E-state index contributed by atoms with van der Waals surface area (Å²) in [7, 11) is 1.66. The summed E-state index contributed by atoms with van der Waals surface area (Å²) in [5, 5.41) is 0. The lowest BCUT2D eigenvalue weighted by Crippen LogP contribution is -2.49. The lowest BCUT2D eigenvalue weighted by molar-refractivity contribution is 0.0475. The second kappa shape index (κ2) is 10.2. The van der Waals surface area contributed by atoms with Crippen LogP contribution in [0.3, 0.4) is 0 Å². The molecule has 2 fully saturated rings. The zero-order valence-electron chi connectivity index (χ0n) is 20.1. The smallest absolute Gasteiger partial charge is 0.261 e. The number of amides is 3. The molecule has 3 aliphatic heterocycles. The normalized spacial score (nSPS) is 20.4. The fraction of sp³-hybridized carbons (Fsp3) is 0.444. The van der Waals surface area contributed by atoms with Crippen molar-refractivity contribution in [1.29, 1.82) is 0 Å². The highest BCUT2D eigenvalue weighted by Crippen LogP contribution is 2.26. The number of nitrogens with zero attached hydrogens (tertiary/aromatic N) is 3. The summed E-state index contributed by atoms with van der Waals surface area (Å²) < 4.78 is 10.8. The molecule has 0 saturated carbocycles. The van der Waals surface area contributed by atoms with Crippen LogP contribution in [0.1, 0.15) is 49.5 Å². The van der Waals surface area contributed by atoms with Crippen LogP contribution in [0, 0.1) is 0 Å². The molecule has 0 aliphatic carbocycles. The largest absolute Gasteiger partial charge is 0.497 e. The molecule has 0 N–H and O–H groups in total. The quantitative estimate of drug-likeness (QED) is 0.570. The summed E-state index contributed by atoms with van der Waals surface area (Å²) in [5.41, 5.74) is 2.40. The van der Waals surface area contributed by atoms with Crippen LogP contribution in [0.4, 0.5) is 0 Å². The minimum absolute atomic E-state index is 0.0968. The van der Waals surface area contributed by atoms with E-state index >= 15 is 0 Å². The van der Waals surface area contributed by atoms with E-state index in [9.17, 15) is 14.4 Å². The van der Waals surface area contributed by atoms with Crippen LogP contribution in [0.25, 0.3) is 0 Å². The summed E-state index contributed by atoms with van der Waals surface area (Å²) in [5.74, 6) is 0.123. The first-order valence-corrected chi connectivity index (χ1v) is 12.3. The van der Waals surface area contributed by atoms with Crippen molar-refractivity contribution in [2.24, 2.45) is 0 Å². The zero-order chi connectivity index (χ0) is 24.4. The van der Waals surface area contributed by atoms with Gasteiger partial charge in [-0.3, -0.25) is 24.2 Å². The van der Waals surface area contributed by atoms with E-state index in [1.165, 1.54) is 10.5 Å². The van der Waals surface area contributed by atoms with Crippen LogP contribution >= 0.6 is 0 Å². The molecule has 2 aromatic carbocycles. The van der Waals surface area contributed by atoms with Crippen LogP contribution in [0.5, 0.6) is 5.75 Å². The topological polar surface area (TPSA) is 79.4 Å². The van der Waals surface area contributed by atoms with Gasteiger partial charge in [0.1, 0.15) is 5.75 Å². The summed E-state index contributed by atoms with van der Waals surface area (Å²) in [6.07, 6.45) is 2.64. The van der Waals surface area contributed by atoms with E-state index in [-0.39, 0.29) is 30.4 Å². The molecule has 35 heavy (non-hydrogen) atoms. The average Bonchev–Trinajstić information content (AvgIpc) is 3.50.